The van der Waals surface area contributed by atoms with Crippen LogP contribution in [0.4, 0.5) is 0 Å². The van der Waals surface area contributed by atoms with E-state index in [9.17, 15) is 8.42 Å². The summed E-state index contributed by atoms with van der Waals surface area (Å²) in [6, 6.07) is 14.2. The van der Waals surface area contributed by atoms with Gasteiger partial charge in [0.15, 0.2) is 0 Å². The van der Waals surface area contributed by atoms with E-state index in [4.69, 9.17) is 9.72 Å². The minimum Gasteiger partial charge on any atom is -0.457 e. The van der Waals surface area contributed by atoms with Gasteiger partial charge in [0.2, 0.25) is 10.0 Å². The Bertz CT molecular complexity index is 1850. The number of benzene rings is 1. The molecular formula is C32H37N7O3S2. The molecular weight excluding hydrogens is 595 g/mol. The van der Waals surface area contributed by atoms with Crippen molar-refractivity contribution < 1.29 is 13.2 Å². The van der Waals surface area contributed by atoms with Crippen LogP contribution in [0.25, 0.3) is 11.0 Å². The zero-order chi connectivity index (χ0) is 31.5. The number of aryl methyl sites for hydroxylation is 2. The van der Waals surface area contributed by atoms with E-state index < -0.39 is 10.0 Å². The van der Waals surface area contributed by atoms with Crippen LogP contribution >= 0.6 is 11.8 Å². The first kappa shape index (κ1) is 31.6. The van der Waals surface area contributed by atoms with Crippen LogP contribution in [0.1, 0.15) is 62.2 Å². The molecule has 1 atom stereocenters. The SMILES string of the molecule is Cc1cccc(COc2ncc3c(n2)c(SC(C)(C)C)c(CCNS(=O)(=O)c2ccccc2)n3C(C)c2cnc(C)nc2)n1. The number of nitrogens with zero attached hydrogens (tertiary/aromatic N) is 6. The molecule has 4 aromatic heterocycles. The number of rotatable bonds is 11. The van der Waals surface area contributed by atoms with Gasteiger partial charge in [0, 0.05) is 47.1 Å². The Morgan fingerprint density at radius 1 is 0.955 bits per heavy atom. The van der Waals surface area contributed by atoms with Crippen LogP contribution in [0, 0.1) is 13.8 Å². The van der Waals surface area contributed by atoms with E-state index in [2.05, 4.69) is 56.9 Å². The van der Waals surface area contributed by atoms with Crippen molar-refractivity contribution in [3.63, 3.8) is 0 Å². The average molecular weight is 632 g/mol. The highest BCUT2D eigenvalue weighted by Gasteiger charge is 2.28. The normalized spacial score (nSPS) is 12.9. The third-order valence-corrected chi connectivity index (χ3v) is 9.58. The number of thioether (sulfide) groups is 1. The first-order valence-corrected chi connectivity index (χ1v) is 16.7. The monoisotopic (exact) mass is 631 g/mol. The molecule has 0 saturated carbocycles. The molecule has 4 heterocycles. The Morgan fingerprint density at radius 2 is 1.68 bits per heavy atom. The Hall–Kier alpha value is -3.87. The van der Waals surface area contributed by atoms with Crippen molar-refractivity contribution in [2.24, 2.45) is 0 Å². The average Bonchev–Trinajstić information content (AvgIpc) is 3.27. The molecule has 1 N–H and O–H groups in total. The van der Waals surface area contributed by atoms with Crippen molar-refractivity contribution in [1.82, 2.24) is 34.2 Å². The fourth-order valence-corrected chi connectivity index (χ4v) is 7.06. The molecule has 0 amide bonds. The van der Waals surface area contributed by atoms with Crippen molar-refractivity contribution in [3.05, 3.63) is 95.6 Å². The summed E-state index contributed by atoms with van der Waals surface area (Å²) in [5.41, 5.74) is 5.10. The van der Waals surface area contributed by atoms with Gasteiger partial charge >= 0.3 is 6.01 Å². The third-order valence-electron chi connectivity index (χ3n) is 6.86. The topological polar surface area (TPSA) is 125 Å². The van der Waals surface area contributed by atoms with E-state index >= 15 is 0 Å². The number of aromatic nitrogens is 6. The Labute approximate surface area is 262 Å². The summed E-state index contributed by atoms with van der Waals surface area (Å²) in [4.78, 5) is 24.0. The number of hydrogen-bond acceptors (Lipinski definition) is 9. The van der Waals surface area contributed by atoms with E-state index in [0.717, 1.165) is 38.6 Å². The van der Waals surface area contributed by atoms with Crippen molar-refractivity contribution in [2.45, 2.75) is 75.1 Å². The summed E-state index contributed by atoms with van der Waals surface area (Å²) >= 11 is 1.68. The second-order valence-electron chi connectivity index (χ2n) is 11.5. The number of fused-ring (bicyclic) bond motifs is 1. The maximum absolute atomic E-state index is 13.1. The summed E-state index contributed by atoms with van der Waals surface area (Å²) in [5, 5.41) is 0. The van der Waals surface area contributed by atoms with Gasteiger partial charge in [0.05, 0.1) is 33.2 Å². The molecule has 0 spiro atoms. The van der Waals surface area contributed by atoms with Crippen LogP contribution in [0.5, 0.6) is 6.01 Å². The molecule has 0 aliphatic heterocycles. The number of hydrogen-bond donors (Lipinski definition) is 1. The maximum Gasteiger partial charge on any atom is 0.317 e. The second-order valence-corrected chi connectivity index (χ2v) is 15.1. The molecule has 5 aromatic rings. The molecule has 5 rings (SSSR count). The molecule has 10 nitrogen and oxygen atoms in total. The van der Waals surface area contributed by atoms with Gasteiger partial charge in [-0.25, -0.2) is 28.1 Å². The number of sulfonamides is 1. The molecule has 0 aliphatic rings. The van der Waals surface area contributed by atoms with Gasteiger partial charge in [-0.3, -0.25) is 4.98 Å². The van der Waals surface area contributed by atoms with E-state index in [1.54, 1.807) is 48.3 Å². The summed E-state index contributed by atoms with van der Waals surface area (Å²) in [6.07, 6.45) is 5.84. The fourth-order valence-electron chi connectivity index (χ4n) is 4.83. The molecule has 12 heteroatoms. The molecule has 1 aromatic carbocycles. The van der Waals surface area contributed by atoms with Gasteiger partial charge in [-0.15, -0.1) is 11.8 Å². The Balaban J connectivity index is 1.57. The lowest BCUT2D eigenvalue weighted by atomic mass is 10.1. The van der Waals surface area contributed by atoms with Crippen LogP contribution in [-0.2, 0) is 23.1 Å². The van der Waals surface area contributed by atoms with E-state index in [1.165, 1.54) is 0 Å². The minimum absolute atomic E-state index is 0.162. The molecule has 0 fully saturated rings. The first-order chi connectivity index (χ1) is 20.9. The summed E-state index contributed by atoms with van der Waals surface area (Å²) in [5.74, 6) is 0.686. The van der Waals surface area contributed by atoms with Gasteiger partial charge in [0.25, 0.3) is 0 Å². The molecule has 0 aliphatic carbocycles. The minimum atomic E-state index is -3.68. The van der Waals surface area contributed by atoms with Crippen molar-refractivity contribution in [2.75, 3.05) is 6.54 Å². The fraction of sp³-hybridized carbons (Fsp3) is 0.344. The molecule has 1 unspecified atom stereocenters. The van der Waals surface area contributed by atoms with Crippen LogP contribution < -0.4 is 9.46 Å². The van der Waals surface area contributed by atoms with Gasteiger partial charge in [-0.1, -0.05) is 45.0 Å². The highest BCUT2D eigenvalue weighted by atomic mass is 32.2. The maximum atomic E-state index is 13.1. The molecule has 230 valence electrons. The second kappa shape index (κ2) is 13.0. The highest BCUT2D eigenvalue weighted by Crippen LogP contribution is 2.42. The van der Waals surface area contributed by atoms with Crippen LogP contribution in [0.3, 0.4) is 0 Å². The lowest BCUT2D eigenvalue weighted by molar-refractivity contribution is 0.277. The van der Waals surface area contributed by atoms with Gasteiger partial charge < -0.3 is 9.30 Å². The van der Waals surface area contributed by atoms with E-state index in [0.29, 0.717) is 12.2 Å². The molecule has 0 saturated heterocycles. The van der Waals surface area contributed by atoms with Gasteiger partial charge in [-0.2, -0.15) is 4.98 Å². The summed E-state index contributed by atoms with van der Waals surface area (Å²) in [7, 11) is -3.68. The number of ether oxygens (including phenoxy) is 1. The lowest BCUT2D eigenvalue weighted by Crippen LogP contribution is -2.27. The summed E-state index contributed by atoms with van der Waals surface area (Å²) in [6.45, 7) is 12.7. The quantitative estimate of drug-likeness (QED) is 0.179. The van der Waals surface area contributed by atoms with Gasteiger partial charge in [-0.05, 0) is 45.0 Å². The van der Waals surface area contributed by atoms with Crippen LogP contribution in [0.15, 0.2) is 76.9 Å². The zero-order valence-corrected chi connectivity index (χ0v) is 27.4. The van der Waals surface area contributed by atoms with Crippen molar-refractivity contribution in [3.8, 4) is 6.01 Å². The molecule has 0 bridgehead atoms. The predicted octanol–water partition coefficient (Wildman–Crippen LogP) is 5.83. The lowest BCUT2D eigenvalue weighted by Gasteiger charge is -2.22. The van der Waals surface area contributed by atoms with E-state index in [1.807, 2.05) is 44.4 Å². The zero-order valence-electron chi connectivity index (χ0n) is 25.8. The highest BCUT2D eigenvalue weighted by molar-refractivity contribution is 8.00. The van der Waals surface area contributed by atoms with Crippen molar-refractivity contribution >= 4 is 32.8 Å². The molecule has 44 heavy (non-hydrogen) atoms. The summed E-state index contributed by atoms with van der Waals surface area (Å²) < 4.78 is 36.9. The van der Waals surface area contributed by atoms with Crippen molar-refractivity contribution in [1.29, 1.82) is 0 Å². The Kier molecular flexibility index (Phi) is 9.33. The van der Waals surface area contributed by atoms with Gasteiger partial charge in [0.1, 0.15) is 17.9 Å². The number of pyridine rings is 1. The number of nitrogens with one attached hydrogen (secondary N) is 1. The van der Waals surface area contributed by atoms with E-state index in [-0.39, 0.29) is 34.8 Å². The smallest absolute Gasteiger partial charge is 0.317 e. The predicted molar refractivity (Wildman–Crippen MR) is 172 cm³/mol. The van der Waals surface area contributed by atoms with Crippen LogP contribution in [0.2, 0.25) is 0 Å². The largest absolute Gasteiger partial charge is 0.457 e. The van der Waals surface area contributed by atoms with Crippen LogP contribution in [-0.4, -0.2) is 49.2 Å². The standard InChI is InChI=1S/C32H37N7O3S2/c1-21-11-10-12-25(37-21)20-42-31-35-19-28-29(38-31)30(43-32(4,5)6)27(39(28)22(2)24-17-33-23(3)34-18-24)15-16-36-44(40,41)26-13-8-7-9-14-26/h7-14,17-19,22,36H,15-16,20H2,1-6H3. The third kappa shape index (κ3) is 7.43. The molecule has 0 radical (unpaired) electrons. The Morgan fingerprint density at radius 3 is 2.36 bits per heavy atom. The first-order valence-electron chi connectivity index (χ1n) is 14.4.